The van der Waals surface area contributed by atoms with Crippen LogP contribution in [0.15, 0.2) is 54.6 Å². The molecular weight excluding hydrogens is 572 g/mol. The van der Waals surface area contributed by atoms with Gasteiger partial charge >= 0.3 is 11.9 Å². The van der Waals surface area contributed by atoms with Crippen LogP contribution >= 0.6 is 0 Å². The second-order valence-corrected chi connectivity index (χ2v) is 9.46. The van der Waals surface area contributed by atoms with Crippen LogP contribution in [0.5, 0.6) is 63.2 Å². The van der Waals surface area contributed by atoms with Crippen LogP contribution in [-0.4, -0.2) is 64.0 Å². The maximum atomic E-state index is 12.7. The van der Waals surface area contributed by atoms with Crippen LogP contribution in [0.3, 0.4) is 0 Å². The molecule has 14 heteroatoms. The van der Waals surface area contributed by atoms with E-state index in [1.54, 1.807) is 0 Å². The Balaban J connectivity index is 1.36. The number of carbonyl (C=O) groups excluding carboxylic acids is 2. The number of rotatable bonds is 5. The molecule has 0 aromatic heterocycles. The minimum atomic E-state index is -1.27. The molecule has 0 saturated heterocycles. The normalized spacial score (nSPS) is 15.7. The maximum Gasteiger partial charge on any atom is 0.343 e. The van der Waals surface area contributed by atoms with E-state index < -0.39 is 64.4 Å². The van der Waals surface area contributed by atoms with E-state index in [-0.39, 0.29) is 51.7 Å². The second-order valence-electron chi connectivity index (χ2n) is 9.46. The Bertz CT molecular complexity index is 1730. The minimum absolute atomic E-state index is 0.0245. The lowest BCUT2D eigenvalue weighted by Gasteiger charge is -2.32. The van der Waals surface area contributed by atoms with Crippen LogP contribution in [0.2, 0.25) is 0 Å². The van der Waals surface area contributed by atoms with Gasteiger partial charge in [0.1, 0.15) is 23.4 Å². The molecule has 14 nitrogen and oxygen atoms in total. The van der Waals surface area contributed by atoms with Gasteiger partial charge < -0.3 is 60.2 Å². The van der Waals surface area contributed by atoms with Crippen LogP contribution in [0.4, 0.5) is 0 Å². The van der Waals surface area contributed by atoms with Crippen molar-refractivity contribution in [1.29, 1.82) is 0 Å². The number of ether oxygens (including phenoxy) is 3. The van der Waals surface area contributed by atoms with Gasteiger partial charge in [0.05, 0.1) is 17.2 Å². The molecule has 4 aromatic carbocycles. The first-order valence-corrected chi connectivity index (χ1v) is 12.3. The number of aliphatic hydroxyl groups is 1. The molecule has 0 amide bonds. The topological polar surface area (TPSA) is 244 Å². The summed E-state index contributed by atoms with van der Waals surface area (Å²) in [5, 5.41) is 89.2. The molecule has 0 fully saturated rings. The third-order valence-electron chi connectivity index (χ3n) is 6.50. The highest BCUT2D eigenvalue weighted by atomic mass is 16.5. The summed E-state index contributed by atoms with van der Waals surface area (Å²) in [5.41, 5.74) is -0.228. The van der Waals surface area contributed by atoms with Crippen LogP contribution in [0.25, 0.3) is 0 Å². The van der Waals surface area contributed by atoms with E-state index in [1.165, 1.54) is 18.2 Å². The largest absolute Gasteiger partial charge is 0.508 e. The SMILES string of the molecule is O=C(Oc1ccc([C@H]2Oc3cc(O)cc(OC(=O)c4cc(O)c(O)c(O)c4)c3C[C@@H]2O)cc1O)c1cc(O)c(O)c(O)c1. The Morgan fingerprint density at radius 1 is 0.651 bits per heavy atom. The molecule has 0 saturated carbocycles. The number of phenols is 8. The van der Waals surface area contributed by atoms with Gasteiger partial charge in [0.2, 0.25) is 0 Å². The number of fused-ring (bicyclic) bond motifs is 1. The summed E-state index contributed by atoms with van der Waals surface area (Å²) in [6.07, 6.45) is -2.53. The Kier molecular flexibility index (Phi) is 7.13. The summed E-state index contributed by atoms with van der Waals surface area (Å²) in [5.74, 6) is -8.26. The van der Waals surface area contributed by atoms with Gasteiger partial charge in [0.25, 0.3) is 0 Å². The third kappa shape index (κ3) is 5.49. The van der Waals surface area contributed by atoms with E-state index in [9.17, 15) is 55.5 Å². The van der Waals surface area contributed by atoms with Gasteiger partial charge in [-0.2, -0.15) is 0 Å². The molecule has 0 radical (unpaired) electrons. The Labute approximate surface area is 240 Å². The summed E-state index contributed by atoms with van der Waals surface area (Å²) in [6.45, 7) is 0. The number of esters is 2. The lowest BCUT2D eigenvalue weighted by Crippen LogP contribution is -2.30. The summed E-state index contributed by atoms with van der Waals surface area (Å²) in [6, 6.07) is 9.46. The number of carbonyl (C=O) groups is 2. The monoisotopic (exact) mass is 594 g/mol. The molecule has 4 aromatic rings. The fourth-order valence-electron chi connectivity index (χ4n) is 4.38. The van der Waals surface area contributed by atoms with E-state index in [0.717, 1.165) is 36.4 Å². The molecule has 43 heavy (non-hydrogen) atoms. The fourth-order valence-corrected chi connectivity index (χ4v) is 4.38. The average Bonchev–Trinajstić information content (AvgIpc) is 2.95. The second kappa shape index (κ2) is 10.8. The molecule has 1 aliphatic heterocycles. The molecule has 0 spiro atoms. The van der Waals surface area contributed by atoms with Crippen LogP contribution < -0.4 is 14.2 Å². The Morgan fingerprint density at radius 3 is 1.67 bits per heavy atom. The van der Waals surface area contributed by atoms with Gasteiger partial charge in [-0.05, 0) is 42.0 Å². The van der Waals surface area contributed by atoms with E-state index in [4.69, 9.17) is 14.2 Å². The number of aliphatic hydroxyl groups excluding tert-OH is 1. The number of hydrogen-bond acceptors (Lipinski definition) is 14. The van der Waals surface area contributed by atoms with Crippen molar-refractivity contribution in [3.63, 3.8) is 0 Å². The van der Waals surface area contributed by atoms with Crippen molar-refractivity contribution in [2.45, 2.75) is 18.6 Å². The first-order chi connectivity index (χ1) is 20.3. The maximum absolute atomic E-state index is 12.7. The molecule has 222 valence electrons. The van der Waals surface area contributed by atoms with Crippen molar-refractivity contribution in [2.24, 2.45) is 0 Å². The predicted octanol–water partition coefficient (Wildman–Crippen LogP) is 2.81. The lowest BCUT2D eigenvalue weighted by molar-refractivity contribution is 0.0193. The fraction of sp³-hybridized carbons (Fsp3) is 0.103. The first kappa shape index (κ1) is 28.5. The van der Waals surface area contributed by atoms with Gasteiger partial charge in [-0.3, -0.25) is 0 Å². The van der Waals surface area contributed by atoms with E-state index in [0.29, 0.717) is 0 Å². The van der Waals surface area contributed by atoms with E-state index >= 15 is 0 Å². The zero-order chi connectivity index (χ0) is 31.2. The highest BCUT2D eigenvalue weighted by Crippen LogP contribution is 2.44. The predicted molar refractivity (Wildman–Crippen MR) is 142 cm³/mol. The molecular formula is C29H22O14. The zero-order valence-corrected chi connectivity index (χ0v) is 21.6. The van der Waals surface area contributed by atoms with Crippen LogP contribution in [0.1, 0.15) is 37.9 Å². The number of benzene rings is 4. The molecule has 9 N–H and O–H groups in total. The number of aromatic hydroxyl groups is 8. The standard InChI is InChI=1S/C29H22O14/c30-14-8-23-15(24(9-14)43-29(40)13-6-19(34)26(38)20(35)7-13)10-21(36)27(41-23)11-1-2-22(16(31)3-11)42-28(39)12-4-17(32)25(37)18(33)5-12/h1-9,21,27,30-38H,10H2/t21-,27+/m0/s1. The Morgan fingerprint density at radius 2 is 1.16 bits per heavy atom. The molecule has 0 unspecified atom stereocenters. The summed E-state index contributed by atoms with van der Waals surface area (Å²) in [4.78, 5) is 25.1. The smallest absolute Gasteiger partial charge is 0.343 e. The van der Waals surface area contributed by atoms with E-state index in [1.807, 2.05) is 0 Å². The molecule has 1 heterocycles. The molecule has 0 bridgehead atoms. The summed E-state index contributed by atoms with van der Waals surface area (Å²) in [7, 11) is 0. The van der Waals surface area contributed by atoms with Crippen molar-refractivity contribution >= 4 is 11.9 Å². The molecule has 0 aliphatic carbocycles. The number of hydrogen-bond donors (Lipinski definition) is 9. The van der Waals surface area contributed by atoms with Crippen molar-refractivity contribution in [2.75, 3.05) is 0 Å². The highest BCUT2D eigenvalue weighted by molar-refractivity contribution is 5.93. The quantitative estimate of drug-likeness (QED) is 0.0916. The van der Waals surface area contributed by atoms with Crippen molar-refractivity contribution in [1.82, 2.24) is 0 Å². The molecule has 5 rings (SSSR count). The van der Waals surface area contributed by atoms with Gasteiger partial charge in [0, 0.05) is 24.1 Å². The molecule has 1 aliphatic rings. The summed E-state index contributed by atoms with van der Waals surface area (Å²) < 4.78 is 16.3. The van der Waals surface area contributed by atoms with Crippen molar-refractivity contribution in [3.05, 3.63) is 76.9 Å². The third-order valence-corrected chi connectivity index (χ3v) is 6.50. The average molecular weight is 594 g/mol. The Hall–Kier alpha value is -6.02. The van der Waals surface area contributed by atoms with Crippen molar-refractivity contribution in [3.8, 4) is 63.2 Å². The van der Waals surface area contributed by atoms with Gasteiger partial charge in [-0.1, -0.05) is 6.07 Å². The zero-order valence-electron chi connectivity index (χ0n) is 21.6. The minimum Gasteiger partial charge on any atom is -0.508 e. The molecule has 2 atom stereocenters. The first-order valence-electron chi connectivity index (χ1n) is 12.3. The highest BCUT2D eigenvalue weighted by Gasteiger charge is 2.34. The van der Waals surface area contributed by atoms with Crippen molar-refractivity contribution < 1.29 is 69.8 Å². The summed E-state index contributed by atoms with van der Waals surface area (Å²) >= 11 is 0. The van der Waals surface area contributed by atoms with Crippen LogP contribution in [-0.2, 0) is 6.42 Å². The number of phenolic OH excluding ortho intramolecular Hbond substituents is 8. The van der Waals surface area contributed by atoms with E-state index in [2.05, 4.69) is 0 Å². The lowest BCUT2D eigenvalue weighted by atomic mass is 9.94. The van der Waals surface area contributed by atoms with Gasteiger partial charge in [-0.15, -0.1) is 0 Å². The van der Waals surface area contributed by atoms with Crippen LogP contribution in [0, 0.1) is 0 Å². The van der Waals surface area contributed by atoms with Gasteiger partial charge in [0.15, 0.2) is 46.0 Å². The van der Waals surface area contributed by atoms with Gasteiger partial charge in [-0.25, -0.2) is 9.59 Å².